The van der Waals surface area contributed by atoms with Crippen LogP contribution in [0, 0.1) is 0 Å². The number of nitrogens with two attached hydrogens (primary N) is 1. The number of nitrogen functional groups attached to an aromatic ring is 1. The molecule has 0 bridgehead atoms. The van der Waals surface area contributed by atoms with E-state index in [9.17, 15) is 0 Å². The fourth-order valence-corrected chi connectivity index (χ4v) is 3.80. The molecular formula is C16H16ClN3S. The molecule has 0 radical (unpaired) electrons. The third-order valence-electron chi connectivity index (χ3n) is 3.96. The number of hydrogen-bond donors (Lipinski definition) is 1. The molecule has 4 rings (SSSR count). The summed E-state index contributed by atoms with van der Waals surface area (Å²) in [7, 11) is 0. The van der Waals surface area contributed by atoms with Crippen molar-refractivity contribution in [3.8, 4) is 11.4 Å². The van der Waals surface area contributed by atoms with Gasteiger partial charge in [-0.15, -0.1) is 11.3 Å². The standard InChI is InChI=1S/C16H16ClN3S/c1-2-11-8-12(15(18)21-11)16-19-13-6-3-9(17)7-14(13)20(16)10-4-5-10/h3,6-8,10H,2,4-5,18H2,1H3. The first-order chi connectivity index (χ1) is 10.2. The van der Waals surface area contributed by atoms with Gasteiger partial charge in [-0.25, -0.2) is 4.98 Å². The topological polar surface area (TPSA) is 43.8 Å². The summed E-state index contributed by atoms with van der Waals surface area (Å²) in [6.07, 6.45) is 3.41. The quantitative estimate of drug-likeness (QED) is 0.746. The van der Waals surface area contributed by atoms with Gasteiger partial charge in [-0.05, 0) is 43.5 Å². The number of aromatic nitrogens is 2. The van der Waals surface area contributed by atoms with Crippen LogP contribution in [0.1, 0.15) is 30.7 Å². The molecule has 1 aliphatic rings. The van der Waals surface area contributed by atoms with Gasteiger partial charge in [0.2, 0.25) is 0 Å². The first kappa shape index (κ1) is 13.2. The minimum atomic E-state index is 0.535. The highest BCUT2D eigenvalue weighted by Gasteiger charge is 2.29. The van der Waals surface area contributed by atoms with Crippen molar-refractivity contribution in [2.45, 2.75) is 32.2 Å². The van der Waals surface area contributed by atoms with Crippen molar-refractivity contribution in [3.63, 3.8) is 0 Å². The van der Waals surface area contributed by atoms with E-state index in [1.165, 1.54) is 17.7 Å². The lowest BCUT2D eigenvalue weighted by Gasteiger charge is -2.07. The molecule has 2 heterocycles. The smallest absolute Gasteiger partial charge is 0.144 e. The molecule has 1 fully saturated rings. The lowest BCUT2D eigenvalue weighted by molar-refractivity contribution is 0.776. The Morgan fingerprint density at radius 2 is 2.19 bits per heavy atom. The number of imidazole rings is 1. The molecule has 0 unspecified atom stereocenters. The number of halogens is 1. The molecular weight excluding hydrogens is 302 g/mol. The van der Waals surface area contributed by atoms with Gasteiger partial charge in [0, 0.05) is 15.9 Å². The molecule has 5 heteroatoms. The fourth-order valence-electron chi connectivity index (χ4n) is 2.77. The van der Waals surface area contributed by atoms with Gasteiger partial charge in [0.05, 0.1) is 21.6 Å². The van der Waals surface area contributed by atoms with Crippen molar-refractivity contribution in [2.75, 3.05) is 5.73 Å². The number of benzene rings is 1. The molecule has 3 aromatic rings. The van der Waals surface area contributed by atoms with Gasteiger partial charge in [-0.2, -0.15) is 0 Å². The molecule has 0 aliphatic heterocycles. The molecule has 0 atom stereocenters. The lowest BCUT2D eigenvalue weighted by atomic mass is 10.2. The zero-order chi connectivity index (χ0) is 14.6. The van der Waals surface area contributed by atoms with Crippen LogP contribution in [-0.4, -0.2) is 9.55 Å². The third kappa shape index (κ3) is 2.14. The summed E-state index contributed by atoms with van der Waals surface area (Å²) in [5, 5.41) is 1.61. The van der Waals surface area contributed by atoms with Crippen molar-refractivity contribution in [1.29, 1.82) is 0 Å². The van der Waals surface area contributed by atoms with Crippen molar-refractivity contribution >= 4 is 39.0 Å². The number of thiophene rings is 1. The lowest BCUT2D eigenvalue weighted by Crippen LogP contribution is -1.98. The van der Waals surface area contributed by atoms with Crippen LogP contribution in [-0.2, 0) is 6.42 Å². The van der Waals surface area contributed by atoms with E-state index in [2.05, 4.69) is 17.6 Å². The van der Waals surface area contributed by atoms with E-state index >= 15 is 0 Å². The molecule has 0 saturated heterocycles. The maximum Gasteiger partial charge on any atom is 0.144 e. The maximum atomic E-state index is 6.23. The van der Waals surface area contributed by atoms with Crippen LogP contribution >= 0.6 is 22.9 Å². The van der Waals surface area contributed by atoms with E-state index < -0.39 is 0 Å². The summed E-state index contributed by atoms with van der Waals surface area (Å²) >= 11 is 7.83. The first-order valence-electron chi connectivity index (χ1n) is 7.23. The second kappa shape index (κ2) is 4.75. The number of nitrogens with zero attached hydrogens (tertiary/aromatic N) is 2. The summed E-state index contributed by atoms with van der Waals surface area (Å²) in [4.78, 5) is 6.13. The Morgan fingerprint density at radius 3 is 2.86 bits per heavy atom. The molecule has 0 spiro atoms. The molecule has 108 valence electrons. The molecule has 2 aromatic heterocycles. The van der Waals surface area contributed by atoms with Crippen LogP contribution < -0.4 is 5.73 Å². The Kier molecular flexibility index (Phi) is 2.98. The van der Waals surface area contributed by atoms with Crippen LogP contribution in [0.2, 0.25) is 5.02 Å². The highest BCUT2D eigenvalue weighted by atomic mass is 35.5. The minimum Gasteiger partial charge on any atom is -0.390 e. The molecule has 1 aliphatic carbocycles. The van der Waals surface area contributed by atoms with Crippen LogP contribution in [0.3, 0.4) is 0 Å². The zero-order valence-corrected chi connectivity index (χ0v) is 13.3. The second-order valence-corrected chi connectivity index (χ2v) is 7.12. The number of rotatable bonds is 3. The van der Waals surface area contributed by atoms with Gasteiger partial charge in [-0.3, -0.25) is 0 Å². The largest absolute Gasteiger partial charge is 0.390 e. The van der Waals surface area contributed by atoms with Crippen LogP contribution in [0.4, 0.5) is 5.00 Å². The summed E-state index contributed by atoms with van der Waals surface area (Å²) in [5.74, 6) is 0.989. The van der Waals surface area contributed by atoms with Crippen LogP contribution in [0.15, 0.2) is 24.3 Å². The van der Waals surface area contributed by atoms with Gasteiger partial charge in [-0.1, -0.05) is 18.5 Å². The van der Waals surface area contributed by atoms with E-state index in [1.54, 1.807) is 11.3 Å². The Hall–Kier alpha value is -1.52. The van der Waals surface area contributed by atoms with Gasteiger partial charge in [0.25, 0.3) is 0 Å². The summed E-state index contributed by atoms with van der Waals surface area (Å²) in [5.41, 5.74) is 9.40. The monoisotopic (exact) mass is 317 g/mol. The minimum absolute atomic E-state index is 0.535. The third-order valence-corrected chi connectivity index (χ3v) is 5.31. The van der Waals surface area contributed by atoms with E-state index in [0.29, 0.717) is 6.04 Å². The van der Waals surface area contributed by atoms with Crippen LogP contribution in [0.5, 0.6) is 0 Å². The number of hydrogen-bond acceptors (Lipinski definition) is 3. The van der Waals surface area contributed by atoms with Gasteiger partial charge in [0.1, 0.15) is 5.82 Å². The number of aryl methyl sites for hydroxylation is 1. The molecule has 0 amide bonds. The SMILES string of the molecule is CCc1cc(-c2nc3ccc(Cl)cc3n2C2CC2)c(N)s1. The summed E-state index contributed by atoms with van der Waals surface area (Å²) in [6, 6.07) is 8.61. The fraction of sp³-hybridized carbons (Fsp3) is 0.312. The molecule has 3 nitrogen and oxygen atoms in total. The molecule has 1 saturated carbocycles. The first-order valence-corrected chi connectivity index (χ1v) is 8.43. The number of anilines is 1. The Labute approximate surface area is 132 Å². The maximum absolute atomic E-state index is 6.23. The number of fused-ring (bicyclic) bond motifs is 1. The highest BCUT2D eigenvalue weighted by molar-refractivity contribution is 7.16. The van der Waals surface area contributed by atoms with Crippen molar-refractivity contribution < 1.29 is 0 Å². The van der Waals surface area contributed by atoms with E-state index in [1.807, 2.05) is 18.2 Å². The normalized spacial score (nSPS) is 15.0. The predicted octanol–water partition coefficient (Wildman–Crippen LogP) is 4.90. The Bertz CT molecular complexity index is 830. The van der Waals surface area contributed by atoms with E-state index in [4.69, 9.17) is 22.3 Å². The van der Waals surface area contributed by atoms with Gasteiger partial charge >= 0.3 is 0 Å². The second-order valence-electron chi connectivity index (χ2n) is 5.51. The van der Waals surface area contributed by atoms with E-state index in [-0.39, 0.29) is 0 Å². The summed E-state index contributed by atoms with van der Waals surface area (Å²) in [6.45, 7) is 2.15. The van der Waals surface area contributed by atoms with Crippen molar-refractivity contribution in [1.82, 2.24) is 9.55 Å². The van der Waals surface area contributed by atoms with Crippen molar-refractivity contribution in [2.24, 2.45) is 0 Å². The highest BCUT2D eigenvalue weighted by Crippen LogP contribution is 2.44. The van der Waals surface area contributed by atoms with Gasteiger partial charge < -0.3 is 10.3 Å². The van der Waals surface area contributed by atoms with Crippen LogP contribution in [0.25, 0.3) is 22.4 Å². The summed E-state index contributed by atoms with van der Waals surface area (Å²) < 4.78 is 2.32. The zero-order valence-electron chi connectivity index (χ0n) is 11.8. The van der Waals surface area contributed by atoms with Gasteiger partial charge in [0.15, 0.2) is 0 Å². The Morgan fingerprint density at radius 1 is 1.38 bits per heavy atom. The average Bonchev–Trinajstić information content (AvgIpc) is 3.13. The molecule has 21 heavy (non-hydrogen) atoms. The molecule has 1 aromatic carbocycles. The Balaban J connectivity index is 1.99. The molecule has 2 N–H and O–H groups in total. The van der Waals surface area contributed by atoms with Crippen molar-refractivity contribution in [3.05, 3.63) is 34.2 Å². The van der Waals surface area contributed by atoms with E-state index in [0.717, 1.165) is 38.9 Å². The predicted molar refractivity (Wildman–Crippen MR) is 90.1 cm³/mol. The average molecular weight is 318 g/mol.